The molecule has 0 fully saturated rings. The number of aromatic nitrogens is 1. The van der Waals surface area contributed by atoms with Crippen LogP contribution in [0, 0.1) is 6.92 Å². The number of hydrogen-bond donors (Lipinski definition) is 0. The Bertz CT molecular complexity index is 606. The van der Waals surface area contributed by atoms with Crippen LogP contribution in [0.3, 0.4) is 0 Å². The van der Waals surface area contributed by atoms with Crippen LogP contribution >= 0.6 is 0 Å². The summed E-state index contributed by atoms with van der Waals surface area (Å²) in [6.45, 7) is 1.84. The second-order valence-corrected chi connectivity index (χ2v) is 5.47. The molecule has 1 aromatic carbocycles. The molecule has 1 aromatic heterocycles. The van der Waals surface area contributed by atoms with E-state index in [1.165, 1.54) is 12.1 Å². The third kappa shape index (κ3) is 3.15. The maximum absolute atomic E-state index is 11.9. The van der Waals surface area contributed by atoms with E-state index in [2.05, 4.69) is 4.98 Å². The van der Waals surface area contributed by atoms with Crippen LogP contribution in [-0.4, -0.2) is 13.4 Å². The number of aryl methyl sites for hydroxylation is 1. The Labute approximate surface area is 106 Å². The van der Waals surface area contributed by atoms with Crippen LogP contribution in [0.15, 0.2) is 53.6 Å². The van der Waals surface area contributed by atoms with E-state index in [0.29, 0.717) is 5.69 Å². The predicted molar refractivity (Wildman–Crippen MR) is 67.4 cm³/mol. The smallest absolute Gasteiger partial charge is 0.260 e. The molecule has 18 heavy (non-hydrogen) atoms. The maximum Gasteiger partial charge on any atom is 0.297 e. The summed E-state index contributed by atoms with van der Waals surface area (Å²) in [5, 5.41) is 0. The maximum atomic E-state index is 11.9. The average Bonchev–Trinajstić information content (AvgIpc) is 2.38. The highest BCUT2D eigenvalue weighted by atomic mass is 32.2. The lowest BCUT2D eigenvalue weighted by atomic mass is 10.2. The van der Waals surface area contributed by atoms with E-state index < -0.39 is 10.1 Å². The van der Waals surface area contributed by atoms with Gasteiger partial charge in [-0.25, -0.2) is 0 Å². The zero-order valence-corrected chi connectivity index (χ0v) is 10.7. The number of nitrogens with zero attached hydrogens (tertiary/aromatic N) is 1. The highest BCUT2D eigenvalue weighted by molar-refractivity contribution is 7.86. The monoisotopic (exact) mass is 263 g/mol. The normalized spacial score (nSPS) is 11.4. The summed E-state index contributed by atoms with van der Waals surface area (Å²) in [6, 6.07) is 11.8. The van der Waals surface area contributed by atoms with E-state index in [4.69, 9.17) is 4.18 Å². The van der Waals surface area contributed by atoms with Gasteiger partial charge in [0.1, 0.15) is 6.61 Å². The Morgan fingerprint density at radius 2 is 1.83 bits per heavy atom. The van der Waals surface area contributed by atoms with Gasteiger partial charge in [0.25, 0.3) is 10.1 Å². The molecule has 0 N–H and O–H groups in total. The van der Waals surface area contributed by atoms with E-state index in [1.54, 1.807) is 36.5 Å². The molecule has 0 bridgehead atoms. The quantitative estimate of drug-likeness (QED) is 0.794. The van der Waals surface area contributed by atoms with Crippen molar-refractivity contribution < 1.29 is 12.6 Å². The first-order valence-electron chi connectivity index (χ1n) is 5.44. The summed E-state index contributed by atoms with van der Waals surface area (Å²) in [4.78, 5) is 4.16. The molecule has 5 heteroatoms. The zero-order chi connectivity index (χ0) is 13.0. The van der Waals surface area contributed by atoms with Gasteiger partial charge in [-0.2, -0.15) is 8.42 Å². The van der Waals surface area contributed by atoms with E-state index >= 15 is 0 Å². The molecule has 4 nitrogen and oxygen atoms in total. The number of benzene rings is 1. The van der Waals surface area contributed by atoms with Gasteiger partial charge in [0.05, 0.1) is 10.6 Å². The van der Waals surface area contributed by atoms with Gasteiger partial charge in [-0.15, -0.1) is 0 Å². The van der Waals surface area contributed by atoms with Crippen molar-refractivity contribution in [3.05, 3.63) is 59.9 Å². The number of pyridine rings is 1. The Kier molecular flexibility index (Phi) is 3.74. The van der Waals surface area contributed by atoms with Crippen molar-refractivity contribution in [3.8, 4) is 0 Å². The molecule has 2 rings (SSSR count). The fraction of sp³-hybridized carbons (Fsp3) is 0.154. The van der Waals surface area contributed by atoms with Gasteiger partial charge < -0.3 is 0 Å². The van der Waals surface area contributed by atoms with Gasteiger partial charge in [0.2, 0.25) is 0 Å². The highest BCUT2D eigenvalue weighted by Crippen LogP contribution is 2.14. The third-order valence-electron chi connectivity index (χ3n) is 2.40. The van der Waals surface area contributed by atoms with Crippen molar-refractivity contribution >= 4 is 10.1 Å². The lowest BCUT2D eigenvalue weighted by molar-refractivity contribution is 0.303. The lowest BCUT2D eigenvalue weighted by Crippen LogP contribution is -2.07. The minimum atomic E-state index is -3.72. The fourth-order valence-corrected chi connectivity index (χ4v) is 2.28. The summed E-state index contributed by atoms with van der Waals surface area (Å²) < 4.78 is 28.7. The van der Waals surface area contributed by atoms with Gasteiger partial charge in [0.15, 0.2) is 0 Å². The van der Waals surface area contributed by atoms with Gasteiger partial charge in [-0.1, -0.05) is 23.8 Å². The van der Waals surface area contributed by atoms with E-state index in [1.807, 2.05) is 6.92 Å². The molecule has 0 aliphatic carbocycles. The Morgan fingerprint density at radius 3 is 2.44 bits per heavy atom. The van der Waals surface area contributed by atoms with Gasteiger partial charge in [-0.05, 0) is 31.2 Å². The average molecular weight is 263 g/mol. The molecule has 0 amide bonds. The molecule has 0 saturated carbocycles. The summed E-state index contributed by atoms with van der Waals surface area (Å²) in [5.74, 6) is 0. The molecule has 0 aliphatic heterocycles. The molecule has 0 saturated heterocycles. The van der Waals surface area contributed by atoms with Crippen LogP contribution in [0.2, 0.25) is 0 Å². The Morgan fingerprint density at radius 1 is 1.11 bits per heavy atom. The molecule has 0 radical (unpaired) electrons. The van der Waals surface area contributed by atoms with Gasteiger partial charge in [0, 0.05) is 6.20 Å². The highest BCUT2D eigenvalue weighted by Gasteiger charge is 2.14. The van der Waals surface area contributed by atoms with Crippen molar-refractivity contribution in [2.75, 3.05) is 0 Å². The molecular weight excluding hydrogens is 250 g/mol. The van der Waals surface area contributed by atoms with Crippen molar-refractivity contribution in [2.24, 2.45) is 0 Å². The molecule has 0 unspecified atom stereocenters. The molecule has 2 aromatic rings. The first-order chi connectivity index (χ1) is 8.58. The summed E-state index contributed by atoms with van der Waals surface area (Å²) in [5.41, 5.74) is 1.58. The van der Waals surface area contributed by atoms with Crippen molar-refractivity contribution in [3.63, 3.8) is 0 Å². The standard InChI is InChI=1S/C13H13NO3S/c1-11-5-7-13(8-6-11)18(15,16)17-10-12-4-2-3-9-14-12/h2-9H,10H2,1H3. The largest absolute Gasteiger partial charge is 0.297 e. The predicted octanol–water partition coefficient (Wildman–Crippen LogP) is 2.30. The summed E-state index contributed by atoms with van der Waals surface area (Å²) in [6.07, 6.45) is 1.59. The Hall–Kier alpha value is -1.72. The SMILES string of the molecule is Cc1ccc(S(=O)(=O)OCc2ccccn2)cc1. The summed E-state index contributed by atoms with van der Waals surface area (Å²) >= 11 is 0. The molecule has 0 spiro atoms. The lowest BCUT2D eigenvalue weighted by Gasteiger charge is -2.05. The Balaban J connectivity index is 2.11. The fourth-order valence-electron chi connectivity index (χ4n) is 1.39. The second-order valence-electron chi connectivity index (χ2n) is 3.85. The van der Waals surface area contributed by atoms with Gasteiger partial charge >= 0.3 is 0 Å². The first-order valence-corrected chi connectivity index (χ1v) is 6.85. The minimum Gasteiger partial charge on any atom is -0.260 e. The van der Waals surface area contributed by atoms with Crippen LogP contribution in [0.25, 0.3) is 0 Å². The minimum absolute atomic E-state index is 0.0585. The number of hydrogen-bond acceptors (Lipinski definition) is 4. The number of rotatable bonds is 4. The van der Waals surface area contributed by atoms with Crippen molar-refractivity contribution in [1.82, 2.24) is 4.98 Å². The van der Waals surface area contributed by atoms with Gasteiger partial charge in [-0.3, -0.25) is 9.17 Å². The van der Waals surface area contributed by atoms with Crippen LogP contribution in [0.5, 0.6) is 0 Å². The third-order valence-corrected chi connectivity index (χ3v) is 3.68. The van der Waals surface area contributed by atoms with Crippen LogP contribution in [-0.2, 0) is 20.9 Å². The van der Waals surface area contributed by atoms with Crippen LogP contribution < -0.4 is 0 Å². The van der Waals surface area contributed by atoms with Crippen LogP contribution in [0.1, 0.15) is 11.3 Å². The summed E-state index contributed by atoms with van der Waals surface area (Å²) in [7, 11) is -3.72. The van der Waals surface area contributed by atoms with E-state index in [-0.39, 0.29) is 11.5 Å². The molecule has 1 heterocycles. The molecule has 94 valence electrons. The van der Waals surface area contributed by atoms with Crippen molar-refractivity contribution in [2.45, 2.75) is 18.4 Å². The van der Waals surface area contributed by atoms with Crippen molar-refractivity contribution in [1.29, 1.82) is 0 Å². The zero-order valence-electron chi connectivity index (χ0n) is 9.91. The second kappa shape index (κ2) is 5.29. The molecule has 0 atom stereocenters. The van der Waals surface area contributed by atoms with E-state index in [9.17, 15) is 8.42 Å². The van der Waals surface area contributed by atoms with Crippen LogP contribution in [0.4, 0.5) is 0 Å². The first kappa shape index (κ1) is 12.7. The molecular formula is C13H13NO3S. The molecule has 0 aliphatic rings. The topological polar surface area (TPSA) is 56.3 Å². The van der Waals surface area contributed by atoms with E-state index in [0.717, 1.165) is 5.56 Å².